The number of rotatable bonds is 5. The van der Waals surface area contributed by atoms with E-state index in [0.29, 0.717) is 46.9 Å². The van der Waals surface area contributed by atoms with Gasteiger partial charge in [-0.15, -0.1) is 0 Å². The molecule has 5 rings (SSSR count). The van der Waals surface area contributed by atoms with Crippen LogP contribution in [0.5, 0.6) is 5.75 Å². The quantitative estimate of drug-likeness (QED) is 0.331. The van der Waals surface area contributed by atoms with Crippen LogP contribution in [0.2, 0.25) is 5.02 Å². The standard InChI is InChI=1S/C30H27ClFNO4/c1-4-36-30(35)28(34)26-17(2)15-33-16-20(19-7-5-8-21(31)13-19)10-11-25(33)27(26)23-14-24(32)29-22(18(23)3)9-6-12-37-29/h5,7-8,11,13-16H,4,6,9-10,12H2,1-3H3. The predicted molar refractivity (Wildman–Crippen MR) is 141 cm³/mol. The summed E-state index contributed by atoms with van der Waals surface area (Å²) in [5.74, 6) is -1.88. The van der Waals surface area contributed by atoms with Gasteiger partial charge >= 0.3 is 5.97 Å². The van der Waals surface area contributed by atoms with Crippen LogP contribution in [0.4, 0.5) is 4.39 Å². The van der Waals surface area contributed by atoms with Crippen molar-refractivity contribution >= 4 is 34.5 Å². The van der Waals surface area contributed by atoms with E-state index in [2.05, 4.69) is 0 Å². The van der Waals surface area contributed by atoms with Gasteiger partial charge in [-0.2, -0.15) is 0 Å². The Morgan fingerprint density at radius 3 is 2.76 bits per heavy atom. The molecule has 0 saturated heterocycles. The molecule has 0 fully saturated rings. The minimum absolute atomic E-state index is 0.0837. The number of halogens is 2. The van der Waals surface area contributed by atoms with Gasteiger partial charge in [0.05, 0.1) is 13.2 Å². The van der Waals surface area contributed by atoms with Crippen LogP contribution in [-0.2, 0) is 20.7 Å². The van der Waals surface area contributed by atoms with E-state index in [1.165, 1.54) is 6.07 Å². The van der Waals surface area contributed by atoms with Crippen LogP contribution in [0.15, 0.2) is 65.7 Å². The van der Waals surface area contributed by atoms with E-state index in [1.54, 1.807) is 13.8 Å². The van der Waals surface area contributed by atoms with Gasteiger partial charge in [0.2, 0.25) is 0 Å². The van der Waals surface area contributed by atoms with E-state index in [1.807, 2.05) is 54.6 Å². The van der Waals surface area contributed by atoms with Crippen molar-refractivity contribution in [3.63, 3.8) is 0 Å². The Morgan fingerprint density at radius 2 is 2.00 bits per heavy atom. The van der Waals surface area contributed by atoms with E-state index >= 15 is 4.39 Å². The van der Waals surface area contributed by atoms with Gasteiger partial charge in [-0.1, -0.05) is 29.8 Å². The molecule has 0 unspecified atom stereocenters. The van der Waals surface area contributed by atoms with Crippen molar-refractivity contribution in [1.82, 2.24) is 4.90 Å². The lowest BCUT2D eigenvalue weighted by molar-refractivity contribution is -0.151. The average molecular weight is 520 g/mol. The molecule has 0 bridgehead atoms. The van der Waals surface area contributed by atoms with Crippen molar-refractivity contribution < 1.29 is 23.5 Å². The second kappa shape index (κ2) is 10.0. The highest BCUT2D eigenvalue weighted by atomic mass is 35.5. The summed E-state index contributed by atoms with van der Waals surface area (Å²) in [6.07, 6.45) is 7.84. The monoisotopic (exact) mass is 519 g/mol. The highest BCUT2D eigenvalue weighted by Crippen LogP contribution is 2.45. The van der Waals surface area contributed by atoms with E-state index < -0.39 is 17.6 Å². The lowest BCUT2D eigenvalue weighted by atomic mass is 9.82. The Bertz CT molecular complexity index is 1450. The van der Waals surface area contributed by atoms with Crippen molar-refractivity contribution in [3.05, 3.63) is 98.7 Å². The molecule has 190 valence electrons. The number of esters is 1. The number of nitrogens with zero attached hydrogens (tertiary/aromatic N) is 1. The zero-order chi connectivity index (χ0) is 26.3. The number of carbonyl (C=O) groups is 2. The van der Waals surface area contributed by atoms with E-state index in [0.717, 1.165) is 28.7 Å². The molecule has 3 heterocycles. The third-order valence-corrected chi connectivity index (χ3v) is 7.15. The molecular weight excluding hydrogens is 493 g/mol. The molecule has 0 atom stereocenters. The zero-order valence-corrected chi connectivity index (χ0v) is 21.7. The van der Waals surface area contributed by atoms with Gasteiger partial charge in [0.25, 0.3) is 5.78 Å². The van der Waals surface area contributed by atoms with Gasteiger partial charge in [-0.3, -0.25) is 4.79 Å². The Balaban J connectivity index is 1.70. The number of ether oxygens (including phenoxy) is 2. The number of benzene rings is 2. The van der Waals surface area contributed by atoms with Crippen LogP contribution in [0.1, 0.15) is 48.9 Å². The van der Waals surface area contributed by atoms with Crippen LogP contribution >= 0.6 is 11.6 Å². The van der Waals surface area contributed by atoms with Crippen LogP contribution in [-0.4, -0.2) is 29.9 Å². The van der Waals surface area contributed by atoms with Crippen molar-refractivity contribution in [3.8, 4) is 5.75 Å². The zero-order valence-electron chi connectivity index (χ0n) is 21.0. The molecular formula is C30H27ClFNO4. The first-order valence-corrected chi connectivity index (χ1v) is 12.7. The minimum atomic E-state index is -0.929. The molecule has 7 heteroatoms. The first-order chi connectivity index (χ1) is 17.8. The highest BCUT2D eigenvalue weighted by molar-refractivity contribution is 6.43. The molecule has 0 saturated carbocycles. The SMILES string of the molecule is CCOC(=O)C(=O)C1=C(c2cc(F)c3c(c2C)CCCO3)C2=CCC(c3cccc(Cl)c3)=CN2C=C1C. The van der Waals surface area contributed by atoms with Crippen LogP contribution in [0, 0.1) is 12.7 Å². The lowest BCUT2D eigenvalue weighted by Crippen LogP contribution is -2.28. The van der Waals surface area contributed by atoms with Gasteiger partial charge < -0.3 is 14.4 Å². The number of fused-ring (bicyclic) bond motifs is 2. The van der Waals surface area contributed by atoms with Crippen molar-refractivity contribution in [2.75, 3.05) is 13.2 Å². The van der Waals surface area contributed by atoms with Gasteiger partial charge in [-0.25, -0.2) is 9.18 Å². The predicted octanol–water partition coefficient (Wildman–Crippen LogP) is 6.55. The number of hydrogen-bond donors (Lipinski definition) is 0. The summed E-state index contributed by atoms with van der Waals surface area (Å²) in [5.41, 5.74) is 6.26. The molecule has 0 amide bonds. The second-order valence-corrected chi connectivity index (χ2v) is 9.70. The molecule has 0 radical (unpaired) electrons. The van der Waals surface area contributed by atoms with Crippen LogP contribution in [0.3, 0.4) is 0 Å². The largest absolute Gasteiger partial charge is 0.490 e. The Labute approximate surface area is 220 Å². The molecule has 37 heavy (non-hydrogen) atoms. The maximum Gasteiger partial charge on any atom is 0.379 e. The van der Waals surface area contributed by atoms with Crippen molar-refractivity contribution in [2.45, 2.75) is 40.0 Å². The summed E-state index contributed by atoms with van der Waals surface area (Å²) in [6, 6.07) is 9.04. The number of carbonyl (C=O) groups excluding carboxylic acids is 2. The normalized spacial score (nSPS) is 16.7. The topological polar surface area (TPSA) is 55.8 Å². The first-order valence-electron chi connectivity index (χ1n) is 12.3. The van der Waals surface area contributed by atoms with E-state index in [9.17, 15) is 9.59 Å². The molecule has 0 aliphatic carbocycles. The summed E-state index contributed by atoms with van der Waals surface area (Å²) >= 11 is 6.22. The number of allylic oxidation sites excluding steroid dienone is 4. The summed E-state index contributed by atoms with van der Waals surface area (Å²) < 4.78 is 26.0. The second-order valence-electron chi connectivity index (χ2n) is 9.27. The Kier molecular flexibility index (Phi) is 6.78. The fraction of sp³-hybridized carbons (Fsp3) is 0.267. The number of ketones is 1. The van der Waals surface area contributed by atoms with Crippen molar-refractivity contribution in [1.29, 1.82) is 0 Å². The van der Waals surface area contributed by atoms with Gasteiger partial charge in [0, 0.05) is 39.8 Å². The third-order valence-electron chi connectivity index (χ3n) is 6.91. The van der Waals surface area contributed by atoms with Gasteiger partial charge in [0.1, 0.15) is 0 Å². The first kappa shape index (κ1) is 25.0. The minimum Gasteiger partial charge on any atom is -0.490 e. The fourth-order valence-corrected chi connectivity index (χ4v) is 5.39. The Hall–Kier alpha value is -3.64. The molecule has 0 spiro atoms. The molecule has 2 aromatic rings. The summed E-state index contributed by atoms with van der Waals surface area (Å²) in [7, 11) is 0. The smallest absolute Gasteiger partial charge is 0.379 e. The maximum atomic E-state index is 15.3. The molecule has 3 aliphatic rings. The maximum absolute atomic E-state index is 15.3. The Morgan fingerprint density at radius 1 is 1.19 bits per heavy atom. The lowest BCUT2D eigenvalue weighted by Gasteiger charge is -2.34. The summed E-state index contributed by atoms with van der Waals surface area (Å²) in [4.78, 5) is 27.9. The van der Waals surface area contributed by atoms with E-state index in [-0.39, 0.29) is 17.9 Å². The number of hydrogen-bond acceptors (Lipinski definition) is 5. The average Bonchev–Trinajstić information content (AvgIpc) is 2.89. The molecule has 5 nitrogen and oxygen atoms in total. The van der Waals surface area contributed by atoms with Crippen molar-refractivity contribution in [2.24, 2.45) is 0 Å². The molecule has 3 aliphatic heterocycles. The van der Waals surface area contributed by atoms with Crippen LogP contribution < -0.4 is 4.74 Å². The fourth-order valence-electron chi connectivity index (χ4n) is 5.20. The highest BCUT2D eigenvalue weighted by Gasteiger charge is 2.35. The molecule has 2 aromatic carbocycles. The molecule has 0 aromatic heterocycles. The van der Waals surface area contributed by atoms with Gasteiger partial charge in [0.15, 0.2) is 11.6 Å². The summed E-state index contributed by atoms with van der Waals surface area (Å²) in [6.45, 7) is 5.89. The van der Waals surface area contributed by atoms with E-state index in [4.69, 9.17) is 21.1 Å². The van der Waals surface area contributed by atoms with Crippen LogP contribution in [0.25, 0.3) is 11.1 Å². The molecule has 0 N–H and O–H groups in total. The summed E-state index contributed by atoms with van der Waals surface area (Å²) in [5, 5.41) is 0.642. The third kappa shape index (κ3) is 4.51. The van der Waals surface area contributed by atoms with Gasteiger partial charge in [-0.05, 0) is 86.1 Å². The number of Topliss-reactive ketones (excluding diaryl/α,β-unsaturated/α-hetero) is 1.